The number of nitrogens with zero attached hydrogens (tertiary/aromatic N) is 2. The fourth-order valence-corrected chi connectivity index (χ4v) is 2.72. The molecule has 0 aliphatic heterocycles. The van der Waals surface area contributed by atoms with Crippen molar-refractivity contribution in [3.05, 3.63) is 66.0 Å². The van der Waals surface area contributed by atoms with Crippen LogP contribution in [0.2, 0.25) is 0 Å². The highest BCUT2D eigenvalue weighted by molar-refractivity contribution is 7.98. The molecule has 0 fully saturated rings. The number of carbonyl (C=O) groups is 1. The minimum absolute atomic E-state index is 0.309. The number of nitrogens with one attached hydrogen (secondary N) is 1. The van der Waals surface area contributed by atoms with E-state index < -0.39 is 5.91 Å². The first-order valence-electron chi connectivity index (χ1n) is 6.81. The molecule has 7 heteroatoms. The molecule has 0 saturated carbocycles. The summed E-state index contributed by atoms with van der Waals surface area (Å²) in [5, 5.41) is 12.6. The predicted octanol–water partition coefficient (Wildman–Crippen LogP) is 3.15. The van der Waals surface area contributed by atoms with E-state index in [1.807, 2.05) is 30.3 Å². The second kappa shape index (κ2) is 7.08. The van der Waals surface area contributed by atoms with E-state index >= 15 is 0 Å². The highest BCUT2D eigenvalue weighted by Crippen LogP contribution is 2.23. The summed E-state index contributed by atoms with van der Waals surface area (Å²) in [5.74, 6) is 0.906. The van der Waals surface area contributed by atoms with Crippen LogP contribution in [-0.4, -0.2) is 21.3 Å². The molecular weight excluding hydrogens is 314 g/mol. The average molecular weight is 327 g/mol. The van der Waals surface area contributed by atoms with Crippen molar-refractivity contribution in [3.8, 4) is 11.5 Å². The Morgan fingerprint density at radius 1 is 1.17 bits per heavy atom. The standard InChI is InChI=1S/C16H13N3O3S/c20-15(18-21)11-5-4-6-12(9-11)16-17-14(19-22-16)10-23-13-7-2-1-3-8-13/h1-9,21H,10H2,(H,18,20). The maximum absolute atomic E-state index is 11.4. The number of hydrogen-bond donors (Lipinski definition) is 2. The van der Waals surface area contributed by atoms with Gasteiger partial charge in [-0.05, 0) is 30.3 Å². The van der Waals surface area contributed by atoms with Crippen LogP contribution in [0.25, 0.3) is 11.5 Å². The Labute approximate surface area is 136 Å². The van der Waals surface area contributed by atoms with Gasteiger partial charge in [0.05, 0.1) is 5.75 Å². The molecule has 2 N–H and O–H groups in total. The lowest BCUT2D eigenvalue weighted by Crippen LogP contribution is -2.18. The number of aromatic nitrogens is 2. The van der Waals surface area contributed by atoms with Crippen molar-refractivity contribution in [2.24, 2.45) is 0 Å². The summed E-state index contributed by atoms with van der Waals surface area (Å²) in [5.41, 5.74) is 2.52. The third-order valence-electron chi connectivity index (χ3n) is 3.05. The molecule has 0 bridgehead atoms. The summed E-state index contributed by atoms with van der Waals surface area (Å²) < 4.78 is 5.24. The molecule has 0 spiro atoms. The Kier molecular flexibility index (Phi) is 4.70. The topological polar surface area (TPSA) is 88.2 Å². The van der Waals surface area contributed by atoms with Gasteiger partial charge in [-0.2, -0.15) is 4.98 Å². The fraction of sp³-hybridized carbons (Fsp3) is 0.0625. The van der Waals surface area contributed by atoms with Gasteiger partial charge >= 0.3 is 0 Å². The first kappa shape index (κ1) is 15.3. The lowest BCUT2D eigenvalue weighted by molar-refractivity contribution is 0.0706. The van der Waals surface area contributed by atoms with Gasteiger partial charge in [0, 0.05) is 16.0 Å². The van der Waals surface area contributed by atoms with Gasteiger partial charge in [0.2, 0.25) is 0 Å². The zero-order chi connectivity index (χ0) is 16.1. The van der Waals surface area contributed by atoms with Crippen LogP contribution in [0.4, 0.5) is 0 Å². The molecule has 116 valence electrons. The number of benzene rings is 2. The smallest absolute Gasteiger partial charge is 0.274 e. The first-order valence-corrected chi connectivity index (χ1v) is 7.80. The van der Waals surface area contributed by atoms with Crippen molar-refractivity contribution in [3.63, 3.8) is 0 Å². The zero-order valence-electron chi connectivity index (χ0n) is 12.0. The molecule has 3 aromatic rings. The molecule has 0 aliphatic carbocycles. The number of amides is 1. The van der Waals surface area contributed by atoms with E-state index in [0.29, 0.717) is 28.6 Å². The minimum Gasteiger partial charge on any atom is -0.334 e. The van der Waals surface area contributed by atoms with Crippen LogP contribution in [-0.2, 0) is 5.75 Å². The van der Waals surface area contributed by atoms with Crippen LogP contribution in [0.1, 0.15) is 16.2 Å². The molecule has 1 heterocycles. The first-order chi connectivity index (χ1) is 11.3. The average Bonchev–Trinajstić information content (AvgIpc) is 3.09. The highest BCUT2D eigenvalue weighted by Gasteiger charge is 2.12. The van der Waals surface area contributed by atoms with E-state index in [1.54, 1.807) is 41.5 Å². The normalized spacial score (nSPS) is 10.5. The van der Waals surface area contributed by atoms with Gasteiger partial charge in [0.15, 0.2) is 5.82 Å². The molecule has 2 aromatic carbocycles. The van der Waals surface area contributed by atoms with Crippen LogP contribution < -0.4 is 5.48 Å². The molecule has 6 nitrogen and oxygen atoms in total. The van der Waals surface area contributed by atoms with Gasteiger partial charge in [-0.1, -0.05) is 29.4 Å². The molecule has 3 rings (SSSR count). The van der Waals surface area contributed by atoms with Crippen LogP contribution in [0.3, 0.4) is 0 Å². The van der Waals surface area contributed by atoms with Crippen molar-refractivity contribution < 1.29 is 14.5 Å². The van der Waals surface area contributed by atoms with Crippen molar-refractivity contribution >= 4 is 17.7 Å². The monoisotopic (exact) mass is 327 g/mol. The quantitative estimate of drug-likeness (QED) is 0.425. The van der Waals surface area contributed by atoms with Crippen molar-refractivity contribution in [2.45, 2.75) is 10.6 Å². The molecule has 0 atom stereocenters. The molecular formula is C16H13N3O3S. The van der Waals surface area contributed by atoms with Gasteiger partial charge in [0.1, 0.15) is 0 Å². The van der Waals surface area contributed by atoms with Gasteiger partial charge in [-0.15, -0.1) is 11.8 Å². The molecule has 0 unspecified atom stereocenters. The van der Waals surface area contributed by atoms with E-state index in [9.17, 15) is 4.79 Å². The lowest BCUT2D eigenvalue weighted by atomic mass is 10.1. The van der Waals surface area contributed by atoms with Gasteiger partial charge in [-0.25, -0.2) is 5.48 Å². The second-order valence-corrected chi connectivity index (χ2v) is 5.69. The van der Waals surface area contributed by atoms with Crippen molar-refractivity contribution in [1.82, 2.24) is 15.6 Å². The third kappa shape index (κ3) is 3.77. The highest BCUT2D eigenvalue weighted by atomic mass is 32.2. The van der Waals surface area contributed by atoms with E-state index in [4.69, 9.17) is 9.73 Å². The van der Waals surface area contributed by atoms with Gasteiger partial charge < -0.3 is 4.52 Å². The van der Waals surface area contributed by atoms with Crippen molar-refractivity contribution in [1.29, 1.82) is 0 Å². The number of carbonyl (C=O) groups excluding carboxylic acids is 1. The molecule has 23 heavy (non-hydrogen) atoms. The lowest BCUT2D eigenvalue weighted by Gasteiger charge is -1.99. The zero-order valence-corrected chi connectivity index (χ0v) is 12.8. The van der Waals surface area contributed by atoms with E-state index in [2.05, 4.69) is 10.1 Å². The minimum atomic E-state index is -0.591. The Morgan fingerprint density at radius 3 is 2.78 bits per heavy atom. The van der Waals surface area contributed by atoms with Crippen molar-refractivity contribution in [2.75, 3.05) is 0 Å². The second-order valence-electron chi connectivity index (χ2n) is 4.64. The van der Waals surface area contributed by atoms with E-state index in [1.165, 1.54) is 0 Å². The third-order valence-corrected chi connectivity index (χ3v) is 4.06. The van der Waals surface area contributed by atoms with Gasteiger partial charge in [-0.3, -0.25) is 10.0 Å². The Balaban J connectivity index is 1.73. The number of thioether (sulfide) groups is 1. The molecule has 1 amide bonds. The van der Waals surface area contributed by atoms with Gasteiger partial charge in [0.25, 0.3) is 11.8 Å². The number of hydroxylamine groups is 1. The fourth-order valence-electron chi connectivity index (χ4n) is 1.95. The number of rotatable bonds is 5. The summed E-state index contributed by atoms with van der Waals surface area (Å²) in [6.45, 7) is 0. The molecule has 0 saturated heterocycles. The molecule has 0 radical (unpaired) electrons. The number of hydrogen-bond acceptors (Lipinski definition) is 6. The Morgan fingerprint density at radius 2 is 2.00 bits per heavy atom. The van der Waals surface area contributed by atoms with E-state index in [-0.39, 0.29) is 0 Å². The SMILES string of the molecule is O=C(NO)c1cccc(-c2nc(CSc3ccccc3)no2)c1. The summed E-state index contributed by atoms with van der Waals surface area (Å²) in [6, 6.07) is 16.5. The van der Waals surface area contributed by atoms with Crippen LogP contribution in [0.5, 0.6) is 0 Å². The summed E-state index contributed by atoms with van der Waals surface area (Å²) in [6.07, 6.45) is 0. The Bertz CT molecular complexity index is 805. The summed E-state index contributed by atoms with van der Waals surface area (Å²) in [7, 11) is 0. The largest absolute Gasteiger partial charge is 0.334 e. The van der Waals surface area contributed by atoms with Crippen LogP contribution >= 0.6 is 11.8 Å². The Hall–Kier alpha value is -2.64. The van der Waals surface area contributed by atoms with Crippen LogP contribution in [0.15, 0.2) is 64.0 Å². The predicted molar refractivity (Wildman–Crippen MR) is 85.0 cm³/mol. The maximum atomic E-state index is 11.4. The maximum Gasteiger partial charge on any atom is 0.274 e. The summed E-state index contributed by atoms with van der Waals surface area (Å²) >= 11 is 1.61. The summed E-state index contributed by atoms with van der Waals surface area (Å²) in [4.78, 5) is 16.9. The van der Waals surface area contributed by atoms with Crippen LogP contribution in [0, 0.1) is 0 Å². The molecule has 1 aromatic heterocycles. The molecule has 0 aliphatic rings. The van der Waals surface area contributed by atoms with E-state index in [0.717, 1.165) is 4.90 Å².